The highest BCUT2D eigenvalue weighted by atomic mass is 16.3. The zero-order valence-electron chi connectivity index (χ0n) is 17.9. The molecule has 2 nitrogen and oxygen atoms in total. The van der Waals surface area contributed by atoms with Gasteiger partial charge >= 0.3 is 0 Å². The minimum atomic E-state index is 0.228. The molecule has 0 saturated heterocycles. The lowest BCUT2D eigenvalue weighted by molar-refractivity contribution is 0.435. The van der Waals surface area contributed by atoms with Gasteiger partial charge < -0.3 is 10.2 Å². The first kappa shape index (κ1) is 23.9. The number of aromatic hydroxyl groups is 2. The Kier molecular flexibility index (Phi) is 15.0. The first-order chi connectivity index (χ1) is 13.3. The van der Waals surface area contributed by atoms with Crippen molar-refractivity contribution < 1.29 is 10.2 Å². The van der Waals surface area contributed by atoms with Crippen LogP contribution >= 0.6 is 0 Å². The van der Waals surface area contributed by atoms with Crippen LogP contribution in [0.2, 0.25) is 0 Å². The van der Waals surface area contributed by atoms with Gasteiger partial charge in [0.05, 0.1) is 0 Å². The first-order valence-corrected chi connectivity index (χ1v) is 11.8. The zero-order valence-corrected chi connectivity index (χ0v) is 17.9. The standard InChI is InChI=1S/C25H44O2/c1-2-3-4-5-6-7-8-9-10-11-12-13-14-15-16-17-18-20-23-24(26)21-19-22-25(23)27/h19,21-22,26-27H,2-18,20H2,1H3. The Morgan fingerprint density at radius 1 is 0.519 bits per heavy atom. The van der Waals surface area contributed by atoms with E-state index in [0.29, 0.717) is 5.56 Å². The summed E-state index contributed by atoms with van der Waals surface area (Å²) < 4.78 is 0. The SMILES string of the molecule is CCCCCCCCCCCCCCCCCCCc1c(O)cccc1O. The van der Waals surface area contributed by atoms with Gasteiger partial charge in [0.2, 0.25) is 0 Å². The molecule has 0 bridgehead atoms. The third-order valence-electron chi connectivity index (χ3n) is 5.66. The Hall–Kier alpha value is -1.18. The van der Waals surface area contributed by atoms with Gasteiger partial charge in [-0.15, -0.1) is 0 Å². The van der Waals surface area contributed by atoms with Crippen molar-refractivity contribution in [2.45, 2.75) is 122 Å². The van der Waals surface area contributed by atoms with Crippen LogP contribution in [0.1, 0.15) is 122 Å². The molecule has 0 aliphatic heterocycles. The fraction of sp³-hybridized carbons (Fsp3) is 0.760. The molecule has 0 saturated carbocycles. The Morgan fingerprint density at radius 3 is 1.22 bits per heavy atom. The molecule has 2 heteroatoms. The molecule has 0 atom stereocenters. The number of unbranched alkanes of at least 4 members (excludes halogenated alkanes) is 16. The highest BCUT2D eigenvalue weighted by Crippen LogP contribution is 2.28. The molecule has 0 radical (unpaired) electrons. The van der Waals surface area contributed by atoms with E-state index in [2.05, 4.69) is 6.92 Å². The Bertz CT molecular complexity index is 435. The quantitative estimate of drug-likeness (QED) is 0.253. The molecule has 0 aliphatic rings. The van der Waals surface area contributed by atoms with Crippen LogP contribution in [0.3, 0.4) is 0 Å². The van der Waals surface area contributed by atoms with Crippen molar-refractivity contribution in [3.05, 3.63) is 23.8 Å². The van der Waals surface area contributed by atoms with Crippen molar-refractivity contribution in [2.24, 2.45) is 0 Å². The van der Waals surface area contributed by atoms with Gasteiger partial charge in [-0.1, -0.05) is 116 Å². The van der Waals surface area contributed by atoms with E-state index in [1.807, 2.05) is 0 Å². The monoisotopic (exact) mass is 376 g/mol. The van der Waals surface area contributed by atoms with Crippen molar-refractivity contribution in [2.75, 3.05) is 0 Å². The molecule has 0 unspecified atom stereocenters. The number of hydrogen-bond acceptors (Lipinski definition) is 2. The molecule has 1 aromatic rings. The van der Waals surface area contributed by atoms with E-state index in [9.17, 15) is 10.2 Å². The molecule has 156 valence electrons. The van der Waals surface area contributed by atoms with Crippen LogP contribution < -0.4 is 0 Å². The molecule has 2 N–H and O–H groups in total. The van der Waals surface area contributed by atoms with Crippen LogP contribution in [0.15, 0.2) is 18.2 Å². The molecule has 1 rings (SSSR count). The molecular formula is C25H44O2. The third kappa shape index (κ3) is 12.8. The van der Waals surface area contributed by atoms with Crippen molar-refractivity contribution in [1.29, 1.82) is 0 Å². The van der Waals surface area contributed by atoms with E-state index in [0.717, 1.165) is 12.8 Å². The van der Waals surface area contributed by atoms with Crippen LogP contribution in [0.25, 0.3) is 0 Å². The largest absolute Gasteiger partial charge is 0.508 e. The van der Waals surface area contributed by atoms with E-state index >= 15 is 0 Å². The van der Waals surface area contributed by atoms with Gasteiger partial charge in [0.15, 0.2) is 0 Å². The van der Waals surface area contributed by atoms with Crippen LogP contribution in [0, 0.1) is 0 Å². The number of phenols is 2. The maximum atomic E-state index is 9.77. The predicted octanol–water partition coefficient (Wildman–Crippen LogP) is 8.29. The van der Waals surface area contributed by atoms with Crippen LogP contribution in [0.4, 0.5) is 0 Å². The van der Waals surface area contributed by atoms with Gasteiger partial charge in [0.25, 0.3) is 0 Å². The lowest BCUT2D eigenvalue weighted by atomic mass is 10.0. The fourth-order valence-electron chi connectivity index (χ4n) is 3.85. The van der Waals surface area contributed by atoms with E-state index in [1.54, 1.807) is 18.2 Å². The molecule has 0 fully saturated rings. The van der Waals surface area contributed by atoms with Crippen molar-refractivity contribution in [1.82, 2.24) is 0 Å². The molecule has 0 heterocycles. The number of hydrogen-bond donors (Lipinski definition) is 2. The summed E-state index contributed by atoms with van der Waals surface area (Å²) in [6, 6.07) is 4.99. The second-order valence-corrected chi connectivity index (χ2v) is 8.18. The van der Waals surface area contributed by atoms with Gasteiger partial charge in [-0.2, -0.15) is 0 Å². The minimum absolute atomic E-state index is 0.228. The molecule has 0 spiro atoms. The summed E-state index contributed by atoms with van der Waals surface area (Å²) in [6.45, 7) is 2.28. The van der Waals surface area contributed by atoms with Crippen molar-refractivity contribution >= 4 is 0 Å². The Morgan fingerprint density at radius 2 is 0.852 bits per heavy atom. The topological polar surface area (TPSA) is 40.5 Å². The second-order valence-electron chi connectivity index (χ2n) is 8.18. The van der Waals surface area contributed by atoms with Gasteiger partial charge in [-0.05, 0) is 25.0 Å². The summed E-state index contributed by atoms with van der Waals surface area (Å²) >= 11 is 0. The highest BCUT2D eigenvalue weighted by Gasteiger charge is 2.05. The summed E-state index contributed by atoms with van der Waals surface area (Å²) in [5.74, 6) is 0.456. The number of phenolic OH excluding ortho intramolecular Hbond substituents is 2. The lowest BCUT2D eigenvalue weighted by Crippen LogP contribution is -1.88. The van der Waals surface area contributed by atoms with Crippen molar-refractivity contribution in [3.63, 3.8) is 0 Å². The smallest absolute Gasteiger partial charge is 0.122 e. The Balaban J connectivity index is 1.79. The average Bonchev–Trinajstić information content (AvgIpc) is 2.66. The minimum Gasteiger partial charge on any atom is -0.508 e. The maximum absolute atomic E-state index is 9.77. The van der Waals surface area contributed by atoms with E-state index < -0.39 is 0 Å². The summed E-state index contributed by atoms with van der Waals surface area (Å²) in [5, 5.41) is 19.5. The molecule has 0 aromatic heterocycles. The van der Waals surface area contributed by atoms with Gasteiger partial charge in [0, 0.05) is 5.56 Å². The second kappa shape index (κ2) is 17.0. The van der Waals surface area contributed by atoms with Crippen molar-refractivity contribution in [3.8, 4) is 11.5 Å². The highest BCUT2D eigenvalue weighted by molar-refractivity contribution is 5.42. The molecular weight excluding hydrogens is 332 g/mol. The van der Waals surface area contributed by atoms with Gasteiger partial charge in [0.1, 0.15) is 11.5 Å². The normalized spacial score (nSPS) is 11.1. The van der Waals surface area contributed by atoms with Gasteiger partial charge in [-0.25, -0.2) is 0 Å². The summed E-state index contributed by atoms with van der Waals surface area (Å²) in [7, 11) is 0. The van der Waals surface area contributed by atoms with Crippen LogP contribution in [-0.2, 0) is 6.42 Å². The van der Waals surface area contributed by atoms with E-state index in [4.69, 9.17) is 0 Å². The Labute approximate surface area is 168 Å². The molecule has 1 aromatic carbocycles. The average molecular weight is 377 g/mol. The predicted molar refractivity (Wildman–Crippen MR) is 118 cm³/mol. The summed E-state index contributed by atoms with van der Waals surface area (Å²) in [6.07, 6.45) is 24.0. The van der Waals surface area contributed by atoms with E-state index in [-0.39, 0.29) is 11.5 Å². The number of rotatable bonds is 18. The van der Waals surface area contributed by atoms with E-state index in [1.165, 1.54) is 103 Å². The van der Waals surface area contributed by atoms with Gasteiger partial charge in [-0.3, -0.25) is 0 Å². The summed E-state index contributed by atoms with van der Waals surface area (Å²) in [4.78, 5) is 0. The maximum Gasteiger partial charge on any atom is 0.122 e. The fourth-order valence-corrected chi connectivity index (χ4v) is 3.85. The third-order valence-corrected chi connectivity index (χ3v) is 5.66. The lowest BCUT2D eigenvalue weighted by Gasteiger charge is -2.07. The molecule has 0 aliphatic carbocycles. The summed E-state index contributed by atoms with van der Waals surface area (Å²) in [5.41, 5.74) is 0.707. The first-order valence-electron chi connectivity index (χ1n) is 11.8. The molecule has 0 amide bonds. The zero-order chi connectivity index (χ0) is 19.6. The molecule has 27 heavy (non-hydrogen) atoms. The number of benzene rings is 1. The van der Waals surface area contributed by atoms with Crippen LogP contribution in [-0.4, -0.2) is 10.2 Å². The van der Waals surface area contributed by atoms with Crippen LogP contribution in [0.5, 0.6) is 11.5 Å².